The predicted octanol–water partition coefficient (Wildman–Crippen LogP) is 1.48. The van der Waals surface area contributed by atoms with Crippen molar-refractivity contribution in [2.75, 3.05) is 5.32 Å². The van der Waals surface area contributed by atoms with Crippen LogP contribution in [0, 0.1) is 0 Å². The normalized spacial score (nSPS) is 11.1. The molecule has 0 aliphatic carbocycles. The van der Waals surface area contributed by atoms with Crippen LogP contribution in [-0.2, 0) is 21.4 Å². The van der Waals surface area contributed by atoms with Gasteiger partial charge >= 0.3 is 5.97 Å². The van der Waals surface area contributed by atoms with Crippen LogP contribution in [-0.4, -0.2) is 27.3 Å². The first-order valence-electron chi connectivity index (χ1n) is 5.76. The molecule has 1 N–H and O–H groups in total. The molecule has 0 fully saturated rings. The Bertz CT molecular complexity index is 432. The quantitative estimate of drug-likeness (QED) is 0.825. The highest BCUT2D eigenvalue weighted by Crippen LogP contribution is 2.10. The van der Waals surface area contributed by atoms with Gasteiger partial charge in [0.05, 0.1) is 18.3 Å². The van der Waals surface area contributed by atoms with Crippen molar-refractivity contribution in [3.8, 4) is 0 Å². The van der Waals surface area contributed by atoms with E-state index in [9.17, 15) is 9.59 Å². The number of nitrogens with zero attached hydrogens (tertiary/aromatic N) is 2. The first-order chi connectivity index (χ1) is 8.26. The van der Waals surface area contributed by atoms with Gasteiger partial charge in [-0.15, -0.1) is 0 Å². The van der Waals surface area contributed by atoms with Crippen LogP contribution in [0.25, 0.3) is 0 Å². The lowest BCUT2D eigenvalue weighted by Gasteiger charge is -2.19. The van der Waals surface area contributed by atoms with Gasteiger partial charge in [0.25, 0.3) is 0 Å². The van der Waals surface area contributed by atoms with E-state index in [0.29, 0.717) is 5.69 Å². The molecule has 6 heteroatoms. The Morgan fingerprint density at radius 1 is 1.39 bits per heavy atom. The minimum atomic E-state index is -0.517. The molecule has 1 aromatic rings. The zero-order valence-corrected chi connectivity index (χ0v) is 11.2. The third-order valence-electron chi connectivity index (χ3n) is 1.96. The molecular weight excluding hydrogens is 234 g/mol. The molecule has 0 aromatic carbocycles. The summed E-state index contributed by atoms with van der Waals surface area (Å²) in [6, 6.07) is 0. The molecule has 0 unspecified atom stereocenters. The molecule has 1 rings (SSSR count). The van der Waals surface area contributed by atoms with Crippen LogP contribution in [0.4, 0.5) is 5.69 Å². The van der Waals surface area contributed by atoms with Gasteiger partial charge in [-0.3, -0.25) is 14.3 Å². The Balaban J connectivity index is 2.31. The summed E-state index contributed by atoms with van der Waals surface area (Å²) in [5, 5.41) is 6.57. The molecule has 0 atom stereocenters. The number of aryl methyl sites for hydroxylation is 1. The lowest BCUT2D eigenvalue weighted by Crippen LogP contribution is -2.24. The molecule has 0 bridgehead atoms. The molecule has 18 heavy (non-hydrogen) atoms. The lowest BCUT2D eigenvalue weighted by molar-refractivity contribution is -0.155. The van der Waals surface area contributed by atoms with Crippen molar-refractivity contribution in [2.45, 2.75) is 39.2 Å². The van der Waals surface area contributed by atoms with Crippen molar-refractivity contribution in [1.29, 1.82) is 0 Å². The highest BCUT2D eigenvalue weighted by molar-refractivity contribution is 5.92. The van der Waals surface area contributed by atoms with Crippen LogP contribution in [0.3, 0.4) is 0 Å². The van der Waals surface area contributed by atoms with Crippen molar-refractivity contribution in [3.63, 3.8) is 0 Å². The predicted molar refractivity (Wildman–Crippen MR) is 66.9 cm³/mol. The van der Waals surface area contributed by atoms with E-state index in [1.807, 2.05) is 0 Å². The lowest BCUT2D eigenvalue weighted by atomic mass is 10.2. The number of hydrogen-bond donors (Lipinski definition) is 1. The summed E-state index contributed by atoms with van der Waals surface area (Å²) < 4.78 is 6.69. The first kappa shape index (κ1) is 14.2. The van der Waals surface area contributed by atoms with E-state index >= 15 is 0 Å². The largest absolute Gasteiger partial charge is 0.460 e. The second-order valence-corrected chi connectivity index (χ2v) is 5.04. The van der Waals surface area contributed by atoms with Crippen molar-refractivity contribution in [1.82, 2.24) is 9.78 Å². The van der Waals surface area contributed by atoms with Crippen LogP contribution < -0.4 is 5.32 Å². The molecule has 100 valence electrons. The zero-order valence-electron chi connectivity index (χ0n) is 11.2. The fourth-order valence-corrected chi connectivity index (χ4v) is 1.32. The number of esters is 1. The maximum absolute atomic E-state index is 11.5. The smallest absolute Gasteiger partial charge is 0.306 e. The fourth-order valence-electron chi connectivity index (χ4n) is 1.32. The summed E-state index contributed by atoms with van der Waals surface area (Å²) in [7, 11) is 1.76. The van der Waals surface area contributed by atoms with Gasteiger partial charge in [-0.1, -0.05) is 0 Å². The summed E-state index contributed by atoms with van der Waals surface area (Å²) in [5.74, 6) is -0.599. The molecule has 0 saturated carbocycles. The Hall–Kier alpha value is -1.85. The zero-order chi connectivity index (χ0) is 13.8. The Labute approximate surface area is 106 Å². The minimum Gasteiger partial charge on any atom is -0.460 e. The van der Waals surface area contributed by atoms with E-state index in [0.717, 1.165) is 0 Å². The fraction of sp³-hybridized carbons (Fsp3) is 0.583. The summed E-state index contributed by atoms with van der Waals surface area (Å²) >= 11 is 0. The molecule has 0 aliphatic rings. The van der Waals surface area contributed by atoms with E-state index in [1.54, 1.807) is 44.9 Å². The van der Waals surface area contributed by atoms with Crippen LogP contribution in [0.15, 0.2) is 12.4 Å². The van der Waals surface area contributed by atoms with Gasteiger partial charge < -0.3 is 10.1 Å². The maximum atomic E-state index is 11.5. The van der Waals surface area contributed by atoms with Crippen LogP contribution in [0.2, 0.25) is 0 Å². The number of hydrogen-bond acceptors (Lipinski definition) is 4. The van der Waals surface area contributed by atoms with E-state index in [1.165, 1.54) is 0 Å². The Morgan fingerprint density at radius 3 is 2.56 bits per heavy atom. The monoisotopic (exact) mass is 253 g/mol. The topological polar surface area (TPSA) is 73.2 Å². The minimum absolute atomic E-state index is 0.0728. The van der Waals surface area contributed by atoms with Gasteiger partial charge in [-0.25, -0.2) is 0 Å². The van der Waals surface area contributed by atoms with Crippen LogP contribution in [0.1, 0.15) is 33.6 Å². The number of carbonyl (C=O) groups excluding carboxylic acids is 2. The van der Waals surface area contributed by atoms with Crippen molar-refractivity contribution in [3.05, 3.63) is 12.4 Å². The second kappa shape index (κ2) is 5.66. The molecule has 1 aromatic heterocycles. The summed E-state index contributed by atoms with van der Waals surface area (Å²) in [4.78, 5) is 22.9. The second-order valence-electron chi connectivity index (χ2n) is 5.04. The van der Waals surface area contributed by atoms with E-state index in [-0.39, 0.29) is 24.7 Å². The number of aromatic nitrogens is 2. The van der Waals surface area contributed by atoms with Crippen molar-refractivity contribution in [2.24, 2.45) is 7.05 Å². The van der Waals surface area contributed by atoms with E-state index in [4.69, 9.17) is 4.74 Å². The molecule has 6 nitrogen and oxygen atoms in total. The molecular formula is C12H19N3O3. The van der Waals surface area contributed by atoms with Crippen molar-refractivity contribution >= 4 is 17.6 Å². The number of nitrogens with one attached hydrogen (secondary N) is 1. The van der Waals surface area contributed by atoms with Gasteiger partial charge in [-0.2, -0.15) is 5.10 Å². The number of rotatable bonds is 4. The van der Waals surface area contributed by atoms with Gasteiger partial charge in [-0.05, 0) is 20.8 Å². The summed E-state index contributed by atoms with van der Waals surface area (Å²) in [6.45, 7) is 5.38. The van der Waals surface area contributed by atoms with Gasteiger partial charge in [0.1, 0.15) is 5.60 Å². The van der Waals surface area contributed by atoms with Crippen LogP contribution in [0.5, 0.6) is 0 Å². The molecule has 1 heterocycles. The van der Waals surface area contributed by atoms with Crippen molar-refractivity contribution < 1.29 is 14.3 Å². The van der Waals surface area contributed by atoms with E-state index < -0.39 is 5.60 Å². The Kier molecular flexibility index (Phi) is 4.47. The molecule has 0 saturated heterocycles. The molecule has 0 aliphatic heterocycles. The van der Waals surface area contributed by atoms with Gasteiger partial charge in [0.2, 0.25) is 5.91 Å². The molecule has 0 spiro atoms. The standard InChI is InChI=1S/C12H19N3O3/c1-12(2,3)18-11(17)6-5-10(16)14-9-7-13-15(4)8-9/h7-8H,5-6H2,1-4H3,(H,14,16). The summed E-state index contributed by atoms with van der Waals surface area (Å²) in [6.07, 6.45) is 3.41. The highest BCUT2D eigenvalue weighted by atomic mass is 16.6. The highest BCUT2D eigenvalue weighted by Gasteiger charge is 2.17. The number of ether oxygens (including phenoxy) is 1. The first-order valence-corrected chi connectivity index (χ1v) is 5.76. The summed E-state index contributed by atoms with van der Waals surface area (Å²) in [5.41, 5.74) is 0.100. The number of amides is 1. The SMILES string of the molecule is Cn1cc(NC(=O)CCC(=O)OC(C)(C)C)cn1. The van der Waals surface area contributed by atoms with Crippen LogP contribution >= 0.6 is 0 Å². The van der Waals surface area contributed by atoms with Gasteiger partial charge in [0.15, 0.2) is 0 Å². The third kappa shape index (κ3) is 5.47. The number of carbonyl (C=O) groups is 2. The number of anilines is 1. The third-order valence-corrected chi connectivity index (χ3v) is 1.96. The van der Waals surface area contributed by atoms with E-state index in [2.05, 4.69) is 10.4 Å². The molecule has 1 amide bonds. The Morgan fingerprint density at radius 2 is 2.06 bits per heavy atom. The maximum Gasteiger partial charge on any atom is 0.306 e. The van der Waals surface area contributed by atoms with Gasteiger partial charge in [0, 0.05) is 19.7 Å². The molecule has 0 radical (unpaired) electrons. The average molecular weight is 253 g/mol. The average Bonchev–Trinajstić information content (AvgIpc) is 2.58.